The van der Waals surface area contributed by atoms with Crippen LogP contribution < -0.4 is 4.90 Å². The van der Waals surface area contributed by atoms with Gasteiger partial charge in [-0.05, 0) is 29.8 Å². The lowest BCUT2D eigenvalue weighted by atomic mass is 10.2. The highest BCUT2D eigenvalue weighted by Gasteiger charge is 2.02. The summed E-state index contributed by atoms with van der Waals surface area (Å²) < 4.78 is 1.59. The van der Waals surface area contributed by atoms with Crippen molar-refractivity contribution in [1.29, 1.82) is 0 Å². The van der Waals surface area contributed by atoms with Crippen molar-refractivity contribution in [2.24, 2.45) is 17.3 Å². The van der Waals surface area contributed by atoms with E-state index < -0.39 is 0 Å². The van der Waals surface area contributed by atoms with Crippen LogP contribution in [0.3, 0.4) is 0 Å². The fraction of sp³-hybridized carbons (Fsp3) is 0.176. The molecular weight excluding hydrogens is 288 g/mol. The number of hydrogen-bond donors (Lipinski definition) is 0. The maximum atomic E-state index is 4.14. The number of nitrogens with zero attached hydrogens (tertiary/aromatic N) is 6. The highest BCUT2D eigenvalue weighted by Crippen LogP contribution is 2.21. The predicted octanol–water partition coefficient (Wildman–Crippen LogP) is 3.87. The van der Waals surface area contributed by atoms with Gasteiger partial charge in [-0.15, -0.1) is 15.3 Å². The minimum absolute atomic E-state index is 0.359. The Balaban J connectivity index is 1.65. The second-order valence-electron chi connectivity index (χ2n) is 5.28. The van der Waals surface area contributed by atoms with Crippen molar-refractivity contribution >= 4 is 17.3 Å². The van der Waals surface area contributed by atoms with Crippen LogP contribution in [-0.2, 0) is 13.6 Å². The molecule has 0 aliphatic heterocycles. The average Bonchev–Trinajstić information content (AvgIpc) is 3.00. The molecule has 0 fully saturated rings. The Morgan fingerprint density at radius 3 is 2.39 bits per heavy atom. The van der Waals surface area contributed by atoms with Crippen molar-refractivity contribution in [3.63, 3.8) is 0 Å². The third-order valence-corrected chi connectivity index (χ3v) is 3.40. The fourth-order valence-corrected chi connectivity index (χ4v) is 2.20. The summed E-state index contributed by atoms with van der Waals surface area (Å²) >= 11 is 0. The quantitative estimate of drug-likeness (QED) is 0.672. The van der Waals surface area contributed by atoms with Gasteiger partial charge >= 0.3 is 0 Å². The van der Waals surface area contributed by atoms with E-state index in [-0.39, 0.29) is 0 Å². The largest absolute Gasteiger partial charge is 0.370 e. The second kappa shape index (κ2) is 6.83. The van der Waals surface area contributed by atoms with E-state index in [0.29, 0.717) is 5.95 Å². The molecule has 23 heavy (non-hydrogen) atoms. The monoisotopic (exact) mass is 306 g/mol. The first kappa shape index (κ1) is 14.9. The highest BCUT2D eigenvalue weighted by molar-refractivity contribution is 5.52. The number of rotatable bonds is 5. The van der Waals surface area contributed by atoms with Crippen LogP contribution in [0.4, 0.5) is 17.3 Å². The zero-order valence-corrected chi connectivity index (χ0v) is 13.2. The Bertz CT molecular complexity index is 776. The van der Waals surface area contributed by atoms with Crippen molar-refractivity contribution < 1.29 is 0 Å². The molecule has 0 atom stereocenters. The van der Waals surface area contributed by atoms with Gasteiger partial charge < -0.3 is 4.90 Å². The Morgan fingerprint density at radius 1 is 1.00 bits per heavy atom. The summed E-state index contributed by atoms with van der Waals surface area (Å²) in [4.78, 5) is 6.20. The zero-order chi connectivity index (χ0) is 16.1. The summed E-state index contributed by atoms with van der Waals surface area (Å²) in [7, 11) is 3.87. The predicted molar refractivity (Wildman–Crippen MR) is 90.2 cm³/mol. The van der Waals surface area contributed by atoms with Gasteiger partial charge in [0.05, 0.1) is 5.69 Å². The summed E-state index contributed by atoms with van der Waals surface area (Å²) in [5.41, 5.74) is 3.18. The summed E-state index contributed by atoms with van der Waals surface area (Å²) in [6.45, 7) is 0.861. The number of hydrogen-bond acceptors (Lipinski definition) is 5. The maximum Gasteiger partial charge on any atom is 0.287 e. The Labute approximate surface area is 135 Å². The van der Waals surface area contributed by atoms with Crippen LogP contribution in [0.2, 0.25) is 0 Å². The zero-order valence-electron chi connectivity index (χ0n) is 13.2. The van der Waals surface area contributed by atoms with Gasteiger partial charge in [-0.25, -0.2) is 0 Å². The van der Waals surface area contributed by atoms with Gasteiger partial charge in [-0.2, -0.15) is 4.98 Å². The van der Waals surface area contributed by atoms with Crippen LogP contribution in [0.1, 0.15) is 5.56 Å². The Kier molecular flexibility index (Phi) is 4.42. The van der Waals surface area contributed by atoms with E-state index in [1.54, 1.807) is 18.1 Å². The molecule has 3 rings (SSSR count). The van der Waals surface area contributed by atoms with Crippen LogP contribution >= 0.6 is 0 Å². The minimum atomic E-state index is 0.359. The Morgan fingerprint density at radius 2 is 1.74 bits per heavy atom. The van der Waals surface area contributed by atoms with Gasteiger partial charge in [0.25, 0.3) is 5.95 Å². The van der Waals surface area contributed by atoms with E-state index in [0.717, 1.165) is 17.9 Å². The van der Waals surface area contributed by atoms with Crippen LogP contribution in [-0.4, -0.2) is 21.8 Å². The fourth-order valence-electron chi connectivity index (χ4n) is 2.20. The molecule has 0 bridgehead atoms. The average molecular weight is 306 g/mol. The number of aromatic nitrogens is 3. The molecular formula is C17H18N6. The Hall–Kier alpha value is -3.02. The molecule has 0 saturated carbocycles. The van der Waals surface area contributed by atoms with Crippen LogP contribution in [0.5, 0.6) is 0 Å². The standard InChI is InChI=1S/C17H18N6/c1-22(12-14-6-4-3-5-7-14)16-10-8-15(9-11-16)19-20-17-18-13-23(2)21-17/h3-11,13H,12H2,1-2H3. The van der Waals surface area contributed by atoms with Crippen molar-refractivity contribution in [3.8, 4) is 0 Å². The van der Waals surface area contributed by atoms with Crippen LogP contribution in [0, 0.1) is 0 Å². The van der Waals surface area contributed by atoms with Crippen molar-refractivity contribution in [3.05, 3.63) is 66.5 Å². The van der Waals surface area contributed by atoms with E-state index in [4.69, 9.17) is 0 Å². The molecule has 0 aliphatic rings. The lowest BCUT2D eigenvalue weighted by molar-refractivity contribution is 0.764. The minimum Gasteiger partial charge on any atom is -0.370 e. The van der Waals surface area contributed by atoms with Crippen molar-refractivity contribution in [1.82, 2.24) is 14.8 Å². The number of benzene rings is 2. The number of anilines is 1. The van der Waals surface area contributed by atoms with Crippen LogP contribution in [0.15, 0.2) is 71.2 Å². The molecule has 116 valence electrons. The first-order valence-corrected chi connectivity index (χ1v) is 7.33. The molecule has 1 aromatic heterocycles. The molecule has 3 aromatic rings. The molecule has 0 saturated heterocycles. The van der Waals surface area contributed by atoms with E-state index in [1.807, 2.05) is 30.3 Å². The summed E-state index contributed by atoms with van der Waals surface area (Å²) in [5, 5.41) is 12.2. The molecule has 0 radical (unpaired) electrons. The molecule has 6 heteroatoms. The van der Waals surface area contributed by atoms with Gasteiger partial charge in [0.2, 0.25) is 0 Å². The van der Waals surface area contributed by atoms with Crippen LogP contribution in [0.25, 0.3) is 0 Å². The topological polar surface area (TPSA) is 58.7 Å². The summed E-state index contributed by atoms with van der Waals surface area (Å²) in [6.07, 6.45) is 1.59. The second-order valence-corrected chi connectivity index (χ2v) is 5.28. The van der Waals surface area contributed by atoms with Gasteiger partial charge in [0, 0.05) is 26.3 Å². The lowest BCUT2D eigenvalue weighted by Crippen LogP contribution is -2.15. The summed E-state index contributed by atoms with van der Waals surface area (Å²) in [6, 6.07) is 18.3. The first-order valence-electron chi connectivity index (χ1n) is 7.33. The van der Waals surface area contributed by atoms with Gasteiger partial charge in [-0.1, -0.05) is 30.3 Å². The molecule has 0 N–H and O–H groups in total. The van der Waals surface area contributed by atoms with Gasteiger partial charge in [0.1, 0.15) is 6.33 Å². The molecule has 0 amide bonds. The molecule has 0 unspecified atom stereocenters. The van der Waals surface area contributed by atoms with Gasteiger partial charge in [-0.3, -0.25) is 4.68 Å². The summed E-state index contributed by atoms with van der Waals surface area (Å²) in [5.74, 6) is 0.359. The van der Waals surface area contributed by atoms with E-state index in [9.17, 15) is 0 Å². The highest BCUT2D eigenvalue weighted by atomic mass is 15.4. The van der Waals surface area contributed by atoms with E-state index in [2.05, 4.69) is 56.5 Å². The molecule has 1 heterocycles. The maximum absolute atomic E-state index is 4.14. The molecule has 6 nitrogen and oxygen atoms in total. The number of azo groups is 1. The third kappa shape index (κ3) is 4.00. The normalized spacial score (nSPS) is 11.0. The first-order chi connectivity index (χ1) is 11.2. The lowest BCUT2D eigenvalue weighted by Gasteiger charge is -2.19. The van der Waals surface area contributed by atoms with E-state index >= 15 is 0 Å². The van der Waals surface area contributed by atoms with Gasteiger partial charge in [0.15, 0.2) is 0 Å². The number of aryl methyl sites for hydroxylation is 1. The van der Waals surface area contributed by atoms with Crippen molar-refractivity contribution in [2.45, 2.75) is 6.54 Å². The molecule has 0 aliphatic carbocycles. The van der Waals surface area contributed by atoms with Crippen molar-refractivity contribution in [2.75, 3.05) is 11.9 Å². The smallest absolute Gasteiger partial charge is 0.287 e. The SMILES string of the molecule is CN(Cc1ccccc1)c1ccc(N=Nc2ncn(C)n2)cc1. The molecule has 0 spiro atoms. The third-order valence-electron chi connectivity index (χ3n) is 3.40. The molecule has 2 aromatic carbocycles. The van der Waals surface area contributed by atoms with E-state index in [1.165, 1.54) is 5.56 Å².